The molecule has 22 heavy (non-hydrogen) atoms. The molecule has 1 saturated heterocycles. The van der Waals surface area contributed by atoms with Gasteiger partial charge in [0.15, 0.2) is 0 Å². The number of benzene rings is 2. The first-order valence-electron chi connectivity index (χ1n) is 7.44. The van der Waals surface area contributed by atoms with Gasteiger partial charge in [0.1, 0.15) is 0 Å². The molecule has 3 rings (SSSR count). The smallest absolute Gasteiger partial charge is 0.268 e. The molecule has 1 aliphatic heterocycles. The van der Waals surface area contributed by atoms with Crippen LogP contribution in [0.15, 0.2) is 47.4 Å². The van der Waals surface area contributed by atoms with Crippen molar-refractivity contribution in [1.29, 1.82) is 0 Å². The molecule has 1 aliphatic rings. The van der Waals surface area contributed by atoms with Crippen LogP contribution in [-0.2, 0) is 4.79 Å². The summed E-state index contributed by atoms with van der Waals surface area (Å²) in [5.74, 6) is -0.170. The van der Waals surface area contributed by atoms with E-state index in [1.807, 2.05) is 55.5 Å². The Morgan fingerprint density at radius 1 is 1.09 bits per heavy atom. The van der Waals surface area contributed by atoms with Gasteiger partial charge in [0.05, 0.1) is 4.91 Å². The van der Waals surface area contributed by atoms with Crippen molar-refractivity contribution in [2.24, 2.45) is 0 Å². The van der Waals surface area contributed by atoms with E-state index in [-0.39, 0.29) is 11.1 Å². The third-order valence-electron chi connectivity index (χ3n) is 3.72. The maximum absolute atomic E-state index is 12.4. The molecule has 0 bridgehead atoms. The maximum atomic E-state index is 12.4. The molecule has 2 amide bonds. The Hall–Kier alpha value is -2.07. The highest BCUT2D eigenvalue weighted by molar-refractivity contribution is 8.18. The number of nitrogens with zero attached hydrogens (tertiary/aromatic N) is 1. The van der Waals surface area contributed by atoms with Gasteiger partial charge in [-0.2, -0.15) is 0 Å². The number of unbranched alkanes of at least 4 members (excludes halogenated alkanes) is 1. The van der Waals surface area contributed by atoms with Crippen molar-refractivity contribution in [3.8, 4) is 0 Å². The van der Waals surface area contributed by atoms with Crippen LogP contribution in [0.4, 0.5) is 4.79 Å². The molecule has 0 unspecified atom stereocenters. The molecule has 4 heteroatoms. The van der Waals surface area contributed by atoms with Crippen LogP contribution >= 0.6 is 11.8 Å². The molecule has 112 valence electrons. The summed E-state index contributed by atoms with van der Waals surface area (Å²) in [7, 11) is 0. The van der Waals surface area contributed by atoms with Gasteiger partial charge in [-0.25, -0.2) is 0 Å². The largest absolute Gasteiger partial charge is 0.293 e. The second-order valence-corrected chi connectivity index (χ2v) is 6.25. The van der Waals surface area contributed by atoms with E-state index in [0.29, 0.717) is 11.4 Å². The summed E-state index contributed by atoms with van der Waals surface area (Å²) in [6, 6.07) is 14.0. The van der Waals surface area contributed by atoms with Crippen molar-refractivity contribution in [3.63, 3.8) is 0 Å². The number of amides is 2. The van der Waals surface area contributed by atoms with Crippen LogP contribution in [0.25, 0.3) is 16.8 Å². The van der Waals surface area contributed by atoms with E-state index in [2.05, 4.69) is 0 Å². The lowest BCUT2D eigenvalue weighted by Gasteiger charge is -2.10. The quantitative estimate of drug-likeness (QED) is 0.770. The number of hydrogen-bond donors (Lipinski definition) is 0. The zero-order valence-electron chi connectivity index (χ0n) is 12.4. The summed E-state index contributed by atoms with van der Waals surface area (Å²) >= 11 is 1.03. The van der Waals surface area contributed by atoms with E-state index in [0.717, 1.165) is 40.9 Å². The van der Waals surface area contributed by atoms with Crippen LogP contribution in [0.5, 0.6) is 0 Å². The molecule has 2 aromatic rings. The van der Waals surface area contributed by atoms with Gasteiger partial charge in [-0.3, -0.25) is 14.5 Å². The predicted molar refractivity (Wildman–Crippen MR) is 91.5 cm³/mol. The second kappa shape index (κ2) is 6.36. The molecule has 3 nitrogen and oxygen atoms in total. The fourth-order valence-corrected chi connectivity index (χ4v) is 3.38. The van der Waals surface area contributed by atoms with E-state index >= 15 is 0 Å². The molecule has 0 aromatic heterocycles. The fourth-order valence-electron chi connectivity index (χ4n) is 2.53. The molecule has 0 radical (unpaired) electrons. The summed E-state index contributed by atoms with van der Waals surface area (Å²) in [4.78, 5) is 26.2. The fraction of sp³-hybridized carbons (Fsp3) is 0.222. The summed E-state index contributed by atoms with van der Waals surface area (Å²) in [5.41, 5.74) is 0.971. The average molecular weight is 311 g/mol. The minimum absolute atomic E-state index is 0.162. The molecule has 1 heterocycles. The van der Waals surface area contributed by atoms with E-state index in [1.165, 1.54) is 4.90 Å². The highest BCUT2D eigenvalue weighted by Gasteiger charge is 2.34. The Morgan fingerprint density at radius 3 is 2.68 bits per heavy atom. The topological polar surface area (TPSA) is 37.4 Å². The average Bonchev–Trinajstić information content (AvgIpc) is 2.80. The number of imide groups is 1. The Bertz CT molecular complexity index is 761. The Labute approximate surface area is 134 Å². The van der Waals surface area contributed by atoms with Gasteiger partial charge in [-0.15, -0.1) is 0 Å². The van der Waals surface area contributed by atoms with Gasteiger partial charge >= 0.3 is 0 Å². The lowest BCUT2D eigenvalue weighted by molar-refractivity contribution is -0.122. The van der Waals surface area contributed by atoms with E-state index in [1.54, 1.807) is 0 Å². The molecular formula is C18H17NO2S. The van der Waals surface area contributed by atoms with Gasteiger partial charge in [0.25, 0.3) is 11.1 Å². The molecule has 0 saturated carbocycles. The second-order valence-electron chi connectivity index (χ2n) is 5.26. The van der Waals surface area contributed by atoms with Gasteiger partial charge in [0.2, 0.25) is 0 Å². The van der Waals surface area contributed by atoms with Gasteiger partial charge in [0, 0.05) is 6.54 Å². The molecule has 0 N–H and O–H groups in total. The number of fused-ring (bicyclic) bond motifs is 1. The van der Waals surface area contributed by atoms with Crippen molar-refractivity contribution in [2.45, 2.75) is 19.8 Å². The molecular weight excluding hydrogens is 294 g/mol. The van der Waals surface area contributed by atoms with Crippen LogP contribution in [0.2, 0.25) is 0 Å². The number of carbonyl (C=O) groups is 2. The Kier molecular flexibility index (Phi) is 4.29. The van der Waals surface area contributed by atoms with E-state index in [4.69, 9.17) is 0 Å². The molecule has 1 fully saturated rings. The standard InChI is InChI=1S/C18H17NO2S/c1-2-3-11-19-17(20)16(22-18(19)21)12-14-9-6-8-13-7-4-5-10-15(13)14/h4-10,12H,2-3,11H2,1H3. The van der Waals surface area contributed by atoms with Crippen molar-refractivity contribution in [3.05, 3.63) is 52.9 Å². The third kappa shape index (κ3) is 2.79. The van der Waals surface area contributed by atoms with Gasteiger partial charge in [-0.05, 0) is 40.6 Å². The first-order chi connectivity index (χ1) is 10.7. The normalized spacial score (nSPS) is 17.0. The van der Waals surface area contributed by atoms with E-state index < -0.39 is 0 Å². The van der Waals surface area contributed by atoms with Crippen molar-refractivity contribution >= 4 is 39.8 Å². The van der Waals surface area contributed by atoms with Gasteiger partial charge < -0.3 is 0 Å². The van der Waals surface area contributed by atoms with Crippen molar-refractivity contribution in [1.82, 2.24) is 4.90 Å². The lowest BCUT2D eigenvalue weighted by Crippen LogP contribution is -2.29. The van der Waals surface area contributed by atoms with Crippen molar-refractivity contribution in [2.75, 3.05) is 6.54 Å². The van der Waals surface area contributed by atoms with Crippen LogP contribution in [0.3, 0.4) is 0 Å². The Balaban J connectivity index is 1.95. The number of rotatable bonds is 4. The SMILES string of the molecule is CCCCN1C(=O)SC(=Cc2cccc3ccccc23)C1=O. The van der Waals surface area contributed by atoms with Crippen LogP contribution in [-0.4, -0.2) is 22.6 Å². The minimum Gasteiger partial charge on any atom is -0.268 e. The zero-order chi connectivity index (χ0) is 15.5. The number of thioether (sulfide) groups is 1. The summed E-state index contributed by atoms with van der Waals surface area (Å²) in [6.45, 7) is 2.55. The third-order valence-corrected chi connectivity index (χ3v) is 4.63. The molecule has 2 aromatic carbocycles. The number of hydrogen-bond acceptors (Lipinski definition) is 3. The minimum atomic E-state index is -0.170. The highest BCUT2D eigenvalue weighted by Crippen LogP contribution is 2.33. The maximum Gasteiger partial charge on any atom is 0.293 e. The first-order valence-corrected chi connectivity index (χ1v) is 8.25. The Morgan fingerprint density at radius 2 is 1.86 bits per heavy atom. The van der Waals surface area contributed by atoms with Crippen LogP contribution < -0.4 is 0 Å². The molecule has 0 aliphatic carbocycles. The number of carbonyl (C=O) groups excluding carboxylic acids is 2. The summed E-state index contributed by atoms with van der Waals surface area (Å²) < 4.78 is 0. The van der Waals surface area contributed by atoms with Crippen LogP contribution in [0, 0.1) is 0 Å². The summed E-state index contributed by atoms with van der Waals surface area (Å²) in [6.07, 6.45) is 3.64. The van der Waals surface area contributed by atoms with Crippen LogP contribution in [0.1, 0.15) is 25.3 Å². The predicted octanol–water partition coefficient (Wildman–Crippen LogP) is 4.68. The van der Waals surface area contributed by atoms with Gasteiger partial charge in [-0.1, -0.05) is 55.8 Å². The highest BCUT2D eigenvalue weighted by atomic mass is 32.2. The van der Waals surface area contributed by atoms with Crippen molar-refractivity contribution < 1.29 is 9.59 Å². The lowest BCUT2D eigenvalue weighted by atomic mass is 10.0. The molecule has 0 atom stereocenters. The zero-order valence-corrected chi connectivity index (χ0v) is 13.2. The monoisotopic (exact) mass is 311 g/mol. The molecule has 0 spiro atoms. The summed E-state index contributed by atoms with van der Waals surface area (Å²) in [5, 5.41) is 2.05. The first kappa shape index (κ1) is 14.9. The van der Waals surface area contributed by atoms with E-state index in [9.17, 15) is 9.59 Å².